The molecule has 0 saturated heterocycles. The van der Waals surface area contributed by atoms with Gasteiger partial charge in [0, 0.05) is 38.4 Å². The second-order valence-electron chi connectivity index (χ2n) is 6.21. The average Bonchev–Trinajstić information content (AvgIpc) is 3.07. The first-order chi connectivity index (χ1) is 12.5. The zero-order valence-electron chi connectivity index (χ0n) is 16.3. The normalized spacial score (nSPS) is 12.1. The monoisotopic (exact) mass is 484 g/mol. The second kappa shape index (κ2) is 11.6. The van der Waals surface area contributed by atoms with Gasteiger partial charge < -0.3 is 16.0 Å². The van der Waals surface area contributed by atoms with Crippen LogP contribution in [0.25, 0.3) is 0 Å². The topological polar surface area (TPSA) is 83.3 Å². The van der Waals surface area contributed by atoms with Crippen LogP contribution in [-0.2, 0) is 20.1 Å². The predicted molar refractivity (Wildman–Crippen MR) is 119 cm³/mol. The number of amides is 1. The summed E-state index contributed by atoms with van der Waals surface area (Å²) in [6, 6.07) is 9.74. The lowest BCUT2D eigenvalue weighted by atomic mass is 10.1. The van der Waals surface area contributed by atoms with Crippen molar-refractivity contribution in [3.8, 4) is 0 Å². The van der Waals surface area contributed by atoms with Crippen LogP contribution in [0.15, 0.2) is 41.5 Å². The molecule has 27 heavy (non-hydrogen) atoms. The number of halogens is 1. The van der Waals surface area contributed by atoms with Crippen LogP contribution in [0.1, 0.15) is 41.9 Å². The van der Waals surface area contributed by atoms with E-state index in [1.165, 1.54) is 0 Å². The maximum Gasteiger partial charge on any atom is 0.251 e. The highest BCUT2D eigenvalue weighted by Gasteiger charge is 2.08. The summed E-state index contributed by atoms with van der Waals surface area (Å²) < 4.78 is 1.82. The van der Waals surface area contributed by atoms with Crippen LogP contribution in [0.5, 0.6) is 0 Å². The summed E-state index contributed by atoms with van der Waals surface area (Å²) in [7, 11) is 3.65. The van der Waals surface area contributed by atoms with Crippen molar-refractivity contribution in [3.63, 3.8) is 0 Å². The molecule has 148 valence electrons. The third kappa shape index (κ3) is 7.20. The zero-order chi connectivity index (χ0) is 18.9. The van der Waals surface area contributed by atoms with E-state index in [0.717, 1.165) is 17.7 Å². The number of carbonyl (C=O) groups excluding carboxylic acids is 1. The van der Waals surface area contributed by atoms with Gasteiger partial charge in [0.25, 0.3) is 5.91 Å². The predicted octanol–water partition coefficient (Wildman–Crippen LogP) is 2.43. The van der Waals surface area contributed by atoms with E-state index < -0.39 is 0 Å². The summed E-state index contributed by atoms with van der Waals surface area (Å²) >= 11 is 0. The fourth-order valence-corrected chi connectivity index (χ4v) is 2.34. The smallest absolute Gasteiger partial charge is 0.251 e. The van der Waals surface area contributed by atoms with Crippen molar-refractivity contribution >= 4 is 35.8 Å². The van der Waals surface area contributed by atoms with Crippen molar-refractivity contribution in [1.82, 2.24) is 25.7 Å². The molecule has 0 bridgehead atoms. The molecule has 1 atom stereocenters. The minimum atomic E-state index is -0.0347. The van der Waals surface area contributed by atoms with E-state index in [2.05, 4.69) is 33.0 Å². The molecular weight excluding hydrogens is 455 g/mol. The number of nitrogens with one attached hydrogen (secondary N) is 3. The molecule has 0 aliphatic rings. The summed E-state index contributed by atoms with van der Waals surface area (Å²) in [6.07, 6.45) is 2.69. The Hall–Kier alpha value is -2.10. The number of aryl methyl sites for hydroxylation is 1. The first kappa shape index (κ1) is 22.9. The van der Waals surface area contributed by atoms with Crippen molar-refractivity contribution in [2.75, 3.05) is 7.05 Å². The second-order valence-corrected chi connectivity index (χ2v) is 6.21. The van der Waals surface area contributed by atoms with Crippen molar-refractivity contribution < 1.29 is 4.79 Å². The maximum absolute atomic E-state index is 12.1. The van der Waals surface area contributed by atoms with E-state index in [4.69, 9.17) is 0 Å². The molecule has 1 aromatic heterocycles. The number of guanidine groups is 1. The van der Waals surface area contributed by atoms with Crippen LogP contribution in [0.4, 0.5) is 0 Å². The number of aromatic nitrogens is 2. The SMILES string of the molecule is CCC(C)NC(=O)c1ccc(CNC(=NC)NCc2ccnn2C)cc1.I. The molecule has 0 aliphatic carbocycles. The van der Waals surface area contributed by atoms with Crippen LogP contribution in [0, 0.1) is 0 Å². The van der Waals surface area contributed by atoms with E-state index in [9.17, 15) is 4.79 Å². The average molecular weight is 484 g/mol. The Labute approximate surface area is 178 Å². The number of aliphatic imine (C=N–C) groups is 1. The summed E-state index contributed by atoms with van der Waals surface area (Å²) in [4.78, 5) is 16.3. The van der Waals surface area contributed by atoms with E-state index >= 15 is 0 Å². The number of hydrogen-bond donors (Lipinski definition) is 3. The first-order valence-corrected chi connectivity index (χ1v) is 8.84. The minimum absolute atomic E-state index is 0. The molecule has 1 unspecified atom stereocenters. The van der Waals surface area contributed by atoms with E-state index in [1.807, 2.05) is 49.0 Å². The van der Waals surface area contributed by atoms with Crippen molar-refractivity contribution in [2.24, 2.45) is 12.0 Å². The molecule has 7 nitrogen and oxygen atoms in total. The van der Waals surface area contributed by atoms with Gasteiger partial charge in [0.2, 0.25) is 0 Å². The van der Waals surface area contributed by atoms with Gasteiger partial charge >= 0.3 is 0 Å². The molecule has 1 aromatic carbocycles. The van der Waals surface area contributed by atoms with E-state index in [-0.39, 0.29) is 35.9 Å². The van der Waals surface area contributed by atoms with Gasteiger partial charge in [0.15, 0.2) is 5.96 Å². The summed E-state index contributed by atoms with van der Waals surface area (Å²) in [6.45, 7) is 5.32. The number of benzene rings is 1. The van der Waals surface area contributed by atoms with Crippen LogP contribution >= 0.6 is 24.0 Å². The number of carbonyl (C=O) groups is 1. The number of hydrogen-bond acceptors (Lipinski definition) is 3. The van der Waals surface area contributed by atoms with Gasteiger partial charge in [-0.1, -0.05) is 19.1 Å². The van der Waals surface area contributed by atoms with Gasteiger partial charge in [-0.05, 0) is 37.1 Å². The molecule has 3 N–H and O–H groups in total. The molecule has 0 aliphatic heterocycles. The van der Waals surface area contributed by atoms with Crippen molar-refractivity contribution in [3.05, 3.63) is 53.3 Å². The third-order valence-electron chi connectivity index (χ3n) is 4.25. The lowest BCUT2D eigenvalue weighted by molar-refractivity contribution is 0.0939. The van der Waals surface area contributed by atoms with Crippen LogP contribution in [-0.4, -0.2) is 34.7 Å². The Kier molecular flexibility index (Phi) is 9.84. The molecular formula is C19H29IN6O. The number of rotatable bonds is 7. The lowest BCUT2D eigenvalue weighted by Gasteiger charge is -2.13. The molecule has 0 saturated carbocycles. The van der Waals surface area contributed by atoms with Crippen molar-refractivity contribution in [1.29, 1.82) is 0 Å². The van der Waals surface area contributed by atoms with E-state index in [0.29, 0.717) is 24.6 Å². The fraction of sp³-hybridized carbons (Fsp3) is 0.421. The molecule has 0 fully saturated rings. The Bertz CT molecular complexity index is 741. The van der Waals surface area contributed by atoms with Gasteiger partial charge in [-0.3, -0.25) is 14.5 Å². The molecule has 2 rings (SSSR count). The van der Waals surface area contributed by atoms with Gasteiger partial charge in [-0.15, -0.1) is 24.0 Å². The van der Waals surface area contributed by atoms with Gasteiger partial charge in [-0.25, -0.2) is 0 Å². The highest BCUT2D eigenvalue weighted by Crippen LogP contribution is 2.05. The number of nitrogens with zero attached hydrogens (tertiary/aromatic N) is 3. The Morgan fingerprint density at radius 2 is 1.85 bits per heavy atom. The Balaban J connectivity index is 0.00000364. The highest BCUT2D eigenvalue weighted by molar-refractivity contribution is 14.0. The van der Waals surface area contributed by atoms with Gasteiger partial charge in [-0.2, -0.15) is 5.10 Å². The van der Waals surface area contributed by atoms with Gasteiger partial charge in [0.05, 0.1) is 12.2 Å². The fourth-order valence-electron chi connectivity index (χ4n) is 2.34. The van der Waals surface area contributed by atoms with Crippen LogP contribution in [0.2, 0.25) is 0 Å². The zero-order valence-corrected chi connectivity index (χ0v) is 18.7. The van der Waals surface area contributed by atoms with Crippen molar-refractivity contribution in [2.45, 2.75) is 39.4 Å². The highest BCUT2D eigenvalue weighted by atomic mass is 127. The first-order valence-electron chi connectivity index (χ1n) is 8.84. The summed E-state index contributed by atoms with van der Waals surface area (Å²) in [5, 5.41) is 13.6. The van der Waals surface area contributed by atoms with Gasteiger partial charge in [0.1, 0.15) is 0 Å². The van der Waals surface area contributed by atoms with E-state index in [1.54, 1.807) is 13.2 Å². The van der Waals surface area contributed by atoms with Crippen LogP contribution in [0.3, 0.4) is 0 Å². The Morgan fingerprint density at radius 3 is 2.41 bits per heavy atom. The third-order valence-corrected chi connectivity index (χ3v) is 4.25. The maximum atomic E-state index is 12.1. The van der Waals surface area contributed by atoms with Crippen LogP contribution < -0.4 is 16.0 Å². The summed E-state index contributed by atoms with van der Waals surface area (Å²) in [5.74, 6) is 0.678. The lowest BCUT2D eigenvalue weighted by Crippen LogP contribution is -2.36. The molecule has 8 heteroatoms. The largest absolute Gasteiger partial charge is 0.352 e. The molecule has 2 aromatic rings. The molecule has 1 amide bonds. The molecule has 0 radical (unpaired) electrons. The standard InChI is InChI=1S/C19H28N6O.HI/c1-5-14(2)24-18(26)16-8-6-15(7-9-16)12-21-19(20-3)22-13-17-10-11-23-25(17)4;/h6-11,14H,5,12-13H2,1-4H3,(H,24,26)(H2,20,21,22);1H. The quantitative estimate of drug-likeness (QED) is 0.320. The minimum Gasteiger partial charge on any atom is -0.352 e. The molecule has 1 heterocycles. The Morgan fingerprint density at radius 1 is 1.19 bits per heavy atom. The summed E-state index contributed by atoms with van der Waals surface area (Å²) in [5.41, 5.74) is 2.82. The molecule has 0 spiro atoms.